The predicted molar refractivity (Wildman–Crippen MR) is 70.1 cm³/mol. The van der Waals surface area contributed by atoms with E-state index >= 15 is 0 Å². The predicted octanol–water partition coefficient (Wildman–Crippen LogP) is 3.39. The first-order valence-electron chi connectivity index (χ1n) is 5.50. The maximum absolute atomic E-state index is 6.12. The van der Waals surface area contributed by atoms with E-state index in [2.05, 4.69) is 15.3 Å². The van der Waals surface area contributed by atoms with Gasteiger partial charge in [-0.2, -0.15) is 0 Å². The van der Waals surface area contributed by atoms with E-state index in [-0.39, 0.29) is 5.38 Å². The fourth-order valence-corrected chi connectivity index (χ4v) is 1.79. The molecule has 2 aromatic rings. The summed E-state index contributed by atoms with van der Waals surface area (Å²) in [6.07, 6.45) is 3.47. The number of hydrogen-bond acceptors (Lipinski definition) is 3. The number of alkyl halides is 1. The molecule has 0 amide bonds. The molecule has 0 spiro atoms. The highest BCUT2D eigenvalue weighted by atomic mass is 35.5. The van der Waals surface area contributed by atoms with Crippen molar-refractivity contribution >= 4 is 17.3 Å². The van der Waals surface area contributed by atoms with Crippen molar-refractivity contribution in [2.45, 2.75) is 18.8 Å². The van der Waals surface area contributed by atoms with Gasteiger partial charge >= 0.3 is 0 Å². The Kier molecular flexibility index (Phi) is 3.94. The number of hydrogen-bond donors (Lipinski definition) is 1. The molecule has 88 valence electrons. The molecule has 1 aromatic heterocycles. The molecule has 3 nitrogen and oxygen atoms in total. The van der Waals surface area contributed by atoms with E-state index in [4.69, 9.17) is 11.6 Å². The topological polar surface area (TPSA) is 37.8 Å². The third-order valence-electron chi connectivity index (χ3n) is 2.45. The van der Waals surface area contributed by atoms with E-state index in [0.717, 1.165) is 17.1 Å². The first-order chi connectivity index (χ1) is 8.27. The lowest BCUT2D eigenvalue weighted by atomic mass is 10.1. The summed E-state index contributed by atoms with van der Waals surface area (Å²) >= 11 is 6.12. The number of anilines is 1. The molecule has 0 aliphatic carbocycles. The van der Waals surface area contributed by atoms with Crippen LogP contribution in [-0.4, -0.2) is 9.97 Å². The molecule has 1 aromatic carbocycles. The lowest BCUT2D eigenvalue weighted by Crippen LogP contribution is -2.05. The summed E-state index contributed by atoms with van der Waals surface area (Å²) in [5.41, 5.74) is 2.12. The van der Waals surface area contributed by atoms with Gasteiger partial charge in [0, 0.05) is 18.1 Å². The quantitative estimate of drug-likeness (QED) is 0.842. The summed E-state index contributed by atoms with van der Waals surface area (Å²) in [7, 11) is 0. The Labute approximate surface area is 106 Å². The zero-order chi connectivity index (χ0) is 12.1. The second-order valence-corrected chi connectivity index (χ2v) is 4.38. The van der Waals surface area contributed by atoms with Crippen LogP contribution in [0.5, 0.6) is 0 Å². The summed E-state index contributed by atoms with van der Waals surface area (Å²) in [4.78, 5) is 8.32. The third-order valence-corrected chi connectivity index (χ3v) is 2.68. The largest absolute Gasteiger partial charge is 0.377 e. The normalized spacial score (nSPS) is 12.1. The van der Waals surface area contributed by atoms with Crippen LogP contribution in [-0.2, 0) is 6.54 Å². The second-order valence-electron chi connectivity index (χ2n) is 3.72. The van der Waals surface area contributed by atoms with Gasteiger partial charge in [0.15, 0.2) is 0 Å². The summed E-state index contributed by atoms with van der Waals surface area (Å²) in [6.45, 7) is 2.56. The maximum Gasteiger partial charge on any atom is 0.147 e. The Morgan fingerprint density at radius 2 is 1.88 bits per heavy atom. The van der Waals surface area contributed by atoms with Gasteiger partial charge < -0.3 is 5.32 Å². The summed E-state index contributed by atoms with van der Waals surface area (Å²) in [5, 5.41) is 3.28. The minimum absolute atomic E-state index is 0.0182. The number of rotatable bonds is 4. The first kappa shape index (κ1) is 11.9. The Bertz CT molecular complexity index is 471. The molecule has 0 aliphatic heterocycles. The van der Waals surface area contributed by atoms with E-state index in [1.807, 2.05) is 31.2 Å². The van der Waals surface area contributed by atoms with Crippen LogP contribution in [0.1, 0.15) is 23.7 Å². The molecular weight excluding hydrogens is 234 g/mol. The Morgan fingerprint density at radius 1 is 1.18 bits per heavy atom. The number of nitrogens with zero attached hydrogens (tertiary/aromatic N) is 2. The third kappa shape index (κ3) is 3.17. The van der Waals surface area contributed by atoms with Gasteiger partial charge in [-0.15, -0.1) is 11.6 Å². The average molecular weight is 248 g/mol. The second kappa shape index (κ2) is 5.64. The highest BCUT2D eigenvalue weighted by molar-refractivity contribution is 6.21. The fourth-order valence-electron chi connectivity index (χ4n) is 1.60. The minimum Gasteiger partial charge on any atom is -0.377 e. The van der Waals surface area contributed by atoms with Gasteiger partial charge in [-0.25, -0.2) is 9.97 Å². The smallest absolute Gasteiger partial charge is 0.147 e. The van der Waals surface area contributed by atoms with Crippen molar-refractivity contribution in [3.8, 4) is 0 Å². The number of benzene rings is 1. The van der Waals surface area contributed by atoms with Crippen LogP contribution in [0.2, 0.25) is 0 Å². The molecule has 0 bridgehead atoms. The van der Waals surface area contributed by atoms with Gasteiger partial charge in [-0.3, -0.25) is 0 Å². The molecule has 0 saturated heterocycles. The maximum atomic E-state index is 6.12. The highest BCUT2D eigenvalue weighted by Crippen LogP contribution is 2.27. The average Bonchev–Trinajstić information content (AvgIpc) is 2.38. The van der Waals surface area contributed by atoms with Crippen LogP contribution >= 0.6 is 11.6 Å². The van der Waals surface area contributed by atoms with Gasteiger partial charge in [0.05, 0.1) is 11.9 Å². The van der Waals surface area contributed by atoms with Crippen molar-refractivity contribution in [1.29, 1.82) is 0 Å². The monoisotopic (exact) mass is 247 g/mol. The Hall–Kier alpha value is -1.61. The van der Waals surface area contributed by atoms with Gasteiger partial charge in [-0.05, 0) is 24.6 Å². The van der Waals surface area contributed by atoms with Crippen LogP contribution in [0.25, 0.3) is 0 Å². The Balaban J connectivity index is 2.09. The zero-order valence-electron chi connectivity index (χ0n) is 9.60. The van der Waals surface area contributed by atoms with E-state index in [0.29, 0.717) is 6.54 Å². The zero-order valence-corrected chi connectivity index (χ0v) is 10.4. The molecule has 1 heterocycles. The molecule has 1 atom stereocenters. The molecule has 0 radical (unpaired) electrons. The lowest BCUT2D eigenvalue weighted by Gasteiger charge is -2.12. The van der Waals surface area contributed by atoms with Crippen LogP contribution < -0.4 is 5.32 Å². The van der Waals surface area contributed by atoms with Crippen molar-refractivity contribution in [2.24, 2.45) is 0 Å². The minimum atomic E-state index is -0.0182. The van der Waals surface area contributed by atoms with Crippen LogP contribution in [0.3, 0.4) is 0 Å². The molecule has 0 fully saturated rings. The van der Waals surface area contributed by atoms with Crippen molar-refractivity contribution in [3.63, 3.8) is 0 Å². The van der Waals surface area contributed by atoms with E-state index in [1.54, 1.807) is 18.5 Å². The molecule has 0 aliphatic rings. The van der Waals surface area contributed by atoms with Gasteiger partial charge in [-0.1, -0.05) is 18.2 Å². The van der Waals surface area contributed by atoms with Crippen LogP contribution in [0.15, 0.2) is 42.7 Å². The van der Waals surface area contributed by atoms with E-state index < -0.39 is 0 Å². The molecule has 17 heavy (non-hydrogen) atoms. The SMILES string of the molecule is CC(Cl)c1ccccc1NCc1ncccn1. The summed E-state index contributed by atoms with van der Waals surface area (Å²) in [6, 6.07) is 9.80. The summed E-state index contributed by atoms with van der Waals surface area (Å²) < 4.78 is 0. The Morgan fingerprint density at radius 3 is 2.59 bits per heavy atom. The number of para-hydroxylation sites is 1. The first-order valence-corrected chi connectivity index (χ1v) is 5.94. The molecule has 1 N–H and O–H groups in total. The lowest BCUT2D eigenvalue weighted by molar-refractivity contribution is 0.942. The molecule has 4 heteroatoms. The van der Waals surface area contributed by atoms with Gasteiger partial charge in [0.2, 0.25) is 0 Å². The van der Waals surface area contributed by atoms with Gasteiger partial charge in [0.1, 0.15) is 5.82 Å². The number of halogens is 1. The van der Waals surface area contributed by atoms with E-state index in [1.165, 1.54) is 0 Å². The van der Waals surface area contributed by atoms with Crippen LogP contribution in [0, 0.1) is 0 Å². The molecule has 0 saturated carbocycles. The van der Waals surface area contributed by atoms with Crippen molar-refractivity contribution in [1.82, 2.24) is 9.97 Å². The highest BCUT2D eigenvalue weighted by Gasteiger charge is 2.06. The molecule has 2 rings (SSSR count). The van der Waals surface area contributed by atoms with E-state index in [9.17, 15) is 0 Å². The number of nitrogens with one attached hydrogen (secondary N) is 1. The number of aromatic nitrogens is 2. The van der Waals surface area contributed by atoms with Crippen molar-refractivity contribution in [3.05, 3.63) is 54.1 Å². The molecule has 1 unspecified atom stereocenters. The standard InChI is InChI=1S/C13H14ClN3/c1-10(14)11-5-2-3-6-12(11)17-9-13-15-7-4-8-16-13/h2-8,10,17H,9H2,1H3. The fraction of sp³-hybridized carbons (Fsp3) is 0.231. The summed E-state index contributed by atoms with van der Waals surface area (Å²) in [5.74, 6) is 0.768. The van der Waals surface area contributed by atoms with Crippen molar-refractivity contribution in [2.75, 3.05) is 5.32 Å². The van der Waals surface area contributed by atoms with Crippen LogP contribution in [0.4, 0.5) is 5.69 Å². The van der Waals surface area contributed by atoms with Gasteiger partial charge in [0.25, 0.3) is 0 Å². The molecular formula is C13H14ClN3. The van der Waals surface area contributed by atoms with Crippen molar-refractivity contribution < 1.29 is 0 Å².